The third kappa shape index (κ3) is 5.85. The molecule has 0 saturated carbocycles. The molecule has 0 fully saturated rings. The van der Waals surface area contributed by atoms with Crippen molar-refractivity contribution in [3.05, 3.63) is 35.9 Å². The van der Waals surface area contributed by atoms with Crippen LogP contribution in [0.2, 0.25) is 0 Å². The molecule has 5 nitrogen and oxygen atoms in total. The number of benzene rings is 1. The van der Waals surface area contributed by atoms with Gasteiger partial charge in [-0.15, -0.1) is 0 Å². The molecular formula is C20H31NO4. The van der Waals surface area contributed by atoms with Gasteiger partial charge in [0.2, 0.25) is 0 Å². The summed E-state index contributed by atoms with van der Waals surface area (Å²) in [5.41, 5.74) is 0.416. The predicted molar refractivity (Wildman–Crippen MR) is 98.1 cm³/mol. The second kappa shape index (κ2) is 9.56. The first-order valence-corrected chi connectivity index (χ1v) is 8.70. The normalized spacial score (nSPS) is 14.0. The van der Waals surface area contributed by atoms with Gasteiger partial charge in [0.1, 0.15) is 6.04 Å². The quantitative estimate of drug-likeness (QED) is 0.694. The van der Waals surface area contributed by atoms with Crippen LogP contribution in [0.1, 0.15) is 39.7 Å². The van der Waals surface area contributed by atoms with Crippen molar-refractivity contribution < 1.29 is 19.1 Å². The first-order valence-electron chi connectivity index (χ1n) is 8.70. The second-order valence-electron chi connectivity index (χ2n) is 7.20. The third-order valence-corrected chi connectivity index (χ3v) is 4.65. The molecule has 140 valence electrons. The van der Waals surface area contributed by atoms with E-state index in [9.17, 15) is 9.59 Å². The molecule has 0 saturated heterocycles. The van der Waals surface area contributed by atoms with E-state index < -0.39 is 11.5 Å². The van der Waals surface area contributed by atoms with E-state index in [2.05, 4.69) is 17.4 Å². The summed E-state index contributed by atoms with van der Waals surface area (Å²) in [6, 6.07) is 9.37. The minimum Gasteiger partial charge on any atom is -0.469 e. The van der Waals surface area contributed by atoms with E-state index in [4.69, 9.17) is 9.47 Å². The second-order valence-corrected chi connectivity index (χ2v) is 7.20. The largest absolute Gasteiger partial charge is 0.469 e. The highest BCUT2D eigenvalue weighted by molar-refractivity contribution is 5.78. The summed E-state index contributed by atoms with van der Waals surface area (Å²) in [5.74, 6) is -0.578. The Morgan fingerprint density at radius 1 is 1.08 bits per heavy atom. The topological polar surface area (TPSA) is 64.6 Å². The first-order chi connectivity index (χ1) is 11.7. The highest BCUT2D eigenvalue weighted by Gasteiger charge is 2.40. The van der Waals surface area contributed by atoms with Crippen LogP contribution in [0.3, 0.4) is 0 Å². The van der Waals surface area contributed by atoms with Gasteiger partial charge in [-0.3, -0.25) is 9.59 Å². The number of carbonyl (C=O) groups is 2. The van der Waals surface area contributed by atoms with Crippen molar-refractivity contribution in [2.24, 2.45) is 11.3 Å². The molecule has 5 heteroatoms. The number of esters is 2. The summed E-state index contributed by atoms with van der Waals surface area (Å²) in [6.45, 7) is 7.59. The summed E-state index contributed by atoms with van der Waals surface area (Å²) in [6.07, 6.45) is 1.50. The van der Waals surface area contributed by atoms with E-state index in [0.29, 0.717) is 6.42 Å². The third-order valence-electron chi connectivity index (χ3n) is 4.65. The van der Waals surface area contributed by atoms with Gasteiger partial charge in [-0.25, -0.2) is 0 Å². The average Bonchev–Trinajstić information content (AvgIpc) is 2.60. The lowest BCUT2D eigenvalue weighted by atomic mass is 9.80. The van der Waals surface area contributed by atoms with Crippen LogP contribution in [-0.2, 0) is 25.5 Å². The molecule has 0 aromatic heterocycles. The molecular weight excluding hydrogens is 318 g/mol. The zero-order chi connectivity index (χ0) is 19.0. The monoisotopic (exact) mass is 349 g/mol. The lowest BCUT2D eigenvalue weighted by Crippen LogP contribution is -2.55. The number of aryl methyl sites for hydroxylation is 1. The molecule has 0 aliphatic heterocycles. The van der Waals surface area contributed by atoms with Crippen molar-refractivity contribution in [3.8, 4) is 0 Å². The Morgan fingerprint density at radius 2 is 1.68 bits per heavy atom. The van der Waals surface area contributed by atoms with Gasteiger partial charge in [0.05, 0.1) is 19.6 Å². The van der Waals surface area contributed by atoms with E-state index >= 15 is 0 Å². The predicted octanol–water partition coefficient (Wildman–Crippen LogP) is 2.97. The van der Waals surface area contributed by atoms with Gasteiger partial charge in [-0.05, 0) is 38.2 Å². The van der Waals surface area contributed by atoms with Crippen LogP contribution in [-0.4, -0.2) is 38.2 Å². The molecule has 0 amide bonds. The fourth-order valence-corrected chi connectivity index (χ4v) is 2.89. The number of nitrogens with one attached hydrogen (secondary N) is 1. The summed E-state index contributed by atoms with van der Waals surface area (Å²) in [4.78, 5) is 24.4. The molecule has 1 rings (SSSR count). The van der Waals surface area contributed by atoms with Crippen molar-refractivity contribution in [2.45, 2.75) is 52.6 Å². The zero-order valence-corrected chi connectivity index (χ0v) is 16.2. The number of rotatable bonds is 9. The Hall–Kier alpha value is -1.88. The average molecular weight is 349 g/mol. The number of ether oxygens (including phenoxy) is 2. The summed E-state index contributed by atoms with van der Waals surface area (Å²) < 4.78 is 9.90. The van der Waals surface area contributed by atoms with Gasteiger partial charge in [0, 0.05) is 6.04 Å². The van der Waals surface area contributed by atoms with Crippen molar-refractivity contribution >= 4 is 11.9 Å². The van der Waals surface area contributed by atoms with Gasteiger partial charge >= 0.3 is 11.9 Å². The Bertz CT molecular complexity index is 554. The van der Waals surface area contributed by atoms with Crippen LogP contribution in [0.25, 0.3) is 0 Å². The molecule has 0 spiro atoms. The number of methoxy groups -OCH3 is 2. The van der Waals surface area contributed by atoms with E-state index in [0.717, 1.165) is 6.42 Å². The van der Waals surface area contributed by atoms with Gasteiger partial charge in [-0.2, -0.15) is 0 Å². The molecule has 0 radical (unpaired) electrons. The van der Waals surface area contributed by atoms with Gasteiger partial charge in [0.25, 0.3) is 0 Å². The first kappa shape index (κ1) is 21.2. The summed E-state index contributed by atoms with van der Waals surface area (Å²) >= 11 is 0. The van der Waals surface area contributed by atoms with Crippen LogP contribution < -0.4 is 5.32 Å². The Kier molecular flexibility index (Phi) is 8.10. The molecule has 0 aliphatic rings. The Balaban J connectivity index is 3.01. The minimum absolute atomic E-state index is 0.0418. The number of carbonyl (C=O) groups excluding carboxylic acids is 2. The summed E-state index contributed by atoms with van der Waals surface area (Å²) in [5, 5.41) is 3.35. The van der Waals surface area contributed by atoms with Gasteiger partial charge < -0.3 is 14.8 Å². The lowest BCUT2D eigenvalue weighted by Gasteiger charge is -2.36. The fourth-order valence-electron chi connectivity index (χ4n) is 2.89. The lowest BCUT2D eigenvalue weighted by molar-refractivity contribution is -0.154. The van der Waals surface area contributed by atoms with Crippen molar-refractivity contribution in [1.82, 2.24) is 5.32 Å². The van der Waals surface area contributed by atoms with Crippen LogP contribution >= 0.6 is 0 Å². The van der Waals surface area contributed by atoms with Crippen LogP contribution in [0.15, 0.2) is 30.3 Å². The van der Waals surface area contributed by atoms with E-state index in [1.54, 1.807) is 0 Å². The van der Waals surface area contributed by atoms with Gasteiger partial charge in [0.15, 0.2) is 0 Å². The van der Waals surface area contributed by atoms with Crippen LogP contribution in [0, 0.1) is 11.3 Å². The van der Waals surface area contributed by atoms with E-state index in [1.165, 1.54) is 19.8 Å². The molecule has 0 bridgehead atoms. The molecule has 0 unspecified atom stereocenters. The van der Waals surface area contributed by atoms with E-state index in [-0.39, 0.29) is 23.9 Å². The molecule has 1 N–H and O–H groups in total. The molecule has 1 aromatic carbocycles. The molecule has 2 atom stereocenters. The van der Waals surface area contributed by atoms with E-state index in [1.807, 2.05) is 45.9 Å². The summed E-state index contributed by atoms with van der Waals surface area (Å²) in [7, 11) is 2.77. The number of hydrogen-bond donors (Lipinski definition) is 1. The molecule has 0 aliphatic carbocycles. The maximum absolute atomic E-state index is 12.3. The van der Waals surface area contributed by atoms with Crippen LogP contribution in [0.4, 0.5) is 0 Å². The molecule has 25 heavy (non-hydrogen) atoms. The van der Waals surface area contributed by atoms with Gasteiger partial charge in [-0.1, -0.05) is 44.2 Å². The zero-order valence-electron chi connectivity index (χ0n) is 16.2. The Labute approximate surface area is 151 Å². The maximum atomic E-state index is 12.3. The number of hydrogen-bond acceptors (Lipinski definition) is 5. The standard InChI is InChI=1S/C20H31NO4/c1-14(2)17(18(22)24-5)21-16(20(3,4)19(23)25-6)13-12-15-10-8-7-9-11-15/h7-11,14,16-17,21H,12-13H2,1-6H3/t16-,17+/m1/s1. The Morgan fingerprint density at radius 3 is 2.16 bits per heavy atom. The van der Waals surface area contributed by atoms with Crippen LogP contribution in [0.5, 0.6) is 0 Å². The highest BCUT2D eigenvalue weighted by Crippen LogP contribution is 2.27. The SMILES string of the molecule is COC(=O)[C@@H](N[C@H](CCc1ccccc1)C(C)(C)C(=O)OC)C(C)C. The van der Waals surface area contributed by atoms with Crippen molar-refractivity contribution in [3.63, 3.8) is 0 Å². The van der Waals surface area contributed by atoms with Crippen molar-refractivity contribution in [2.75, 3.05) is 14.2 Å². The smallest absolute Gasteiger partial charge is 0.323 e. The fraction of sp³-hybridized carbons (Fsp3) is 0.600. The minimum atomic E-state index is -0.773. The maximum Gasteiger partial charge on any atom is 0.323 e. The highest BCUT2D eigenvalue weighted by atomic mass is 16.5. The van der Waals surface area contributed by atoms with Crippen molar-refractivity contribution in [1.29, 1.82) is 0 Å². The molecule has 0 heterocycles. The molecule has 1 aromatic rings.